The lowest BCUT2D eigenvalue weighted by Crippen LogP contribution is -1.88. The quantitative estimate of drug-likeness (QED) is 0.750. The predicted molar refractivity (Wildman–Crippen MR) is 54.7 cm³/mol. The van der Waals surface area contributed by atoms with Crippen LogP contribution >= 0.6 is 0 Å². The molecule has 3 N–H and O–H groups in total. The molecular formula is C10H12N4. The number of rotatable bonds is 2. The largest absolute Gasteiger partial charge is 0.397 e. The van der Waals surface area contributed by atoms with E-state index < -0.39 is 0 Å². The Labute approximate surface area is 81.6 Å². The van der Waals surface area contributed by atoms with E-state index in [1.807, 2.05) is 6.07 Å². The molecule has 0 unspecified atom stereocenters. The van der Waals surface area contributed by atoms with Crippen molar-refractivity contribution in [2.75, 3.05) is 5.73 Å². The third-order valence-corrected chi connectivity index (χ3v) is 2.59. The summed E-state index contributed by atoms with van der Waals surface area (Å²) in [5.74, 6) is 1.88. The maximum atomic E-state index is 5.64. The Balaban J connectivity index is 2.01. The summed E-state index contributed by atoms with van der Waals surface area (Å²) >= 11 is 0. The first kappa shape index (κ1) is 7.79. The van der Waals surface area contributed by atoms with Gasteiger partial charge in [-0.25, -0.2) is 9.97 Å². The highest BCUT2D eigenvalue weighted by atomic mass is 15.0. The Bertz CT molecular complexity index is 470. The lowest BCUT2D eigenvalue weighted by atomic mass is 10.3. The molecule has 0 saturated heterocycles. The Kier molecular flexibility index (Phi) is 1.50. The minimum Gasteiger partial charge on any atom is -0.397 e. The van der Waals surface area contributed by atoms with Crippen molar-refractivity contribution in [2.45, 2.75) is 19.3 Å². The van der Waals surface area contributed by atoms with E-state index >= 15 is 0 Å². The molecule has 0 spiro atoms. The zero-order valence-electron chi connectivity index (χ0n) is 7.83. The van der Waals surface area contributed by atoms with E-state index in [4.69, 9.17) is 5.73 Å². The van der Waals surface area contributed by atoms with Crippen molar-refractivity contribution in [3.63, 3.8) is 0 Å². The molecule has 1 aliphatic rings. The molecule has 72 valence electrons. The van der Waals surface area contributed by atoms with Gasteiger partial charge >= 0.3 is 0 Å². The average Bonchev–Trinajstić information content (AvgIpc) is 2.84. The summed E-state index contributed by atoms with van der Waals surface area (Å²) < 4.78 is 0. The van der Waals surface area contributed by atoms with E-state index in [9.17, 15) is 0 Å². The molecule has 1 saturated carbocycles. The number of H-pyrrole nitrogens is 1. The van der Waals surface area contributed by atoms with Gasteiger partial charge in [-0.3, -0.25) is 0 Å². The van der Waals surface area contributed by atoms with Crippen molar-refractivity contribution >= 4 is 16.9 Å². The third-order valence-electron chi connectivity index (χ3n) is 2.59. The lowest BCUT2D eigenvalue weighted by molar-refractivity contribution is 0.787. The molecule has 1 fully saturated rings. The number of nitrogen functional groups attached to an aromatic ring is 1. The van der Waals surface area contributed by atoms with Crippen LogP contribution in [0.4, 0.5) is 5.69 Å². The topological polar surface area (TPSA) is 67.6 Å². The maximum absolute atomic E-state index is 5.64. The molecule has 0 aromatic carbocycles. The summed E-state index contributed by atoms with van der Waals surface area (Å²) in [7, 11) is 0. The number of nitrogens with zero attached hydrogens (tertiary/aromatic N) is 2. The molecule has 3 rings (SSSR count). The molecule has 4 heteroatoms. The molecule has 4 nitrogen and oxygen atoms in total. The molecule has 0 atom stereocenters. The zero-order chi connectivity index (χ0) is 9.54. The molecule has 0 bridgehead atoms. The van der Waals surface area contributed by atoms with Gasteiger partial charge in [0.2, 0.25) is 0 Å². The van der Waals surface area contributed by atoms with Crippen molar-refractivity contribution in [3.05, 3.63) is 18.1 Å². The van der Waals surface area contributed by atoms with Crippen LogP contribution in [0.5, 0.6) is 0 Å². The van der Waals surface area contributed by atoms with Crippen molar-refractivity contribution < 1.29 is 0 Å². The van der Waals surface area contributed by atoms with E-state index in [1.165, 1.54) is 12.8 Å². The summed E-state index contributed by atoms with van der Waals surface area (Å²) in [4.78, 5) is 11.8. The van der Waals surface area contributed by atoms with Gasteiger partial charge in [-0.2, -0.15) is 0 Å². The van der Waals surface area contributed by atoms with Crippen molar-refractivity contribution in [2.24, 2.45) is 5.92 Å². The van der Waals surface area contributed by atoms with Gasteiger partial charge in [-0.05, 0) is 24.8 Å². The first-order valence-electron chi connectivity index (χ1n) is 4.91. The summed E-state index contributed by atoms with van der Waals surface area (Å²) in [6, 6.07) is 1.88. The third kappa shape index (κ3) is 1.32. The van der Waals surface area contributed by atoms with E-state index in [-0.39, 0.29) is 0 Å². The number of aromatic amines is 1. The van der Waals surface area contributed by atoms with Crippen molar-refractivity contribution in [3.8, 4) is 0 Å². The number of imidazole rings is 1. The molecule has 14 heavy (non-hydrogen) atoms. The van der Waals surface area contributed by atoms with Crippen LogP contribution in [0.15, 0.2) is 12.3 Å². The first-order valence-corrected chi connectivity index (χ1v) is 4.91. The number of nitrogens with two attached hydrogens (primary N) is 1. The van der Waals surface area contributed by atoms with Gasteiger partial charge in [0.1, 0.15) is 5.82 Å². The van der Waals surface area contributed by atoms with Crippen LogP contribution in [-0.2, 0) is 6.42 Å². The van der Waals surface area contributed by atoms with Gasteiger partial charge in [-0.15, -0.1) is 0 Å². The smallest absolute Gasteiger partial charge is 0.177 e. The van der Waals surface area contributed by atoms with Crippen LogP contribution in [-0.4, -0.2) is 15.0 Å². The molecule has 0 aliphatic heterocycles. The van der Waals surface area contributed by atoms with Gasteiger partial charge in [-0.1, -0.05) is 0 Å². The van der Waals surface area contributed by atoms with Crippen LogP contribution in [0, 0.1) is 5.92 Å². The fourth-order valence-electron chi connectivity index (χ4n) is 1.66. The second kappa shape index (κ2) is 2.70. The lowest BCUT2D eigenvalue weighted by Gasteiger charge is -1.89. The highest BCUT2D eigenvalue weighted by Gasteiger charge is 2.23. The van der Waals surface area contributed by atoms with Crippen LogP contribution in [0.2, 0.25) is 0 Å². The molecular weight excluding hydrogens is 176 g/mol. The first-order chi connectivity index (χ1) is 6.81. The summed E-state index contributed by atoms with van der Waals surface area (Å²) in [5.41, 5.74) is 8.03. The SMILES string of the molecule is Nc1cnc2nc(CC3CC3)[nH]c2c1. The normalized spacial score (nSPS) is 16.3. The van der Waals surface area contributed by atoms with Crippen molar-refractivity contribution in [1.82, 2.24) is 15.0 Å². The number of anilines is 1. The number of nitrogens with one attached hydrogen (secondary N) is 1. The standard InChI is InChI=1S/C10H12N4/c11-7-4-8-10(12-5-7)14-9(13-8)3-6-1-2-6/h4-6H,1-3,11H2,(H,12,13,14). The van der Waals surface area contributed by atoms with E-state index in [2.05, 4.69) is 15.0 Å². The molecule has 2 aromatic rings. The van der Waals surface area contributed by atoms with E-state index in [0.717, 1.165) is 29.3 Å². The molecule has 2 aromatic heterocycles. The Morgan fingerprint density at radius 2 is 2.36 bits per heavy atom. The highest BCUT2D eigenvalue weighted by molar-refractivity contribution is 5.73. The summed E-state index contributed by atoms with van der Waals surface area (Å²) in [5, 5.41) is 0. The van der Waals surface area contributed by atoms with Gasteiger partial charge < -0.3 is 10.7 Å². The predicted octanol–water partition coefficient (Wildman–Crippen LogP) is 1.49. The summed E-state index contributed by atoms with van der Waals surface area (Å²) in [6.07, 6.45) is 5.37. The monoisotopic (exact) mass is 188 g/mol. The van der Waals surface area contributed by atoms with Gasteiger partial charge in [0.15, 0.2) is 5.65 Å². The van der Waals surface area contributed by atoms with Gasteiger partial charge in [0.25, 0.3) is 0 Å². The van der Waals surface area contributed by atoms with Crippen molar-refractivity contribution in [1.29, 1.82) is 0 Å². The number of hydrogen-bond acceptors (Lipinski definition) is 3. The second-order valence-corrected chi connectivity index (χ2v) is 3.97. The maximum Gasteiger partial charge on any atom is 0.177 e. The molecule has 0 amide bonds. The molecule has 2 heterocycles. The Morgan fingerprint density at radius 3 is 3.14 bits per heavy atom. The second-order valence-electron chi connectivity index (χ2n) is 3.97. The van der Waals surface area contributed by atoms with Crippen LogP contribution in [0.25, 0.3) is 11.2 Å². The minimum absolute atomic E-state index is 0.680. The number of aromatic nitrogens is 3. The van der Waals surface area contributed by atoms with Crippen LogP contribution in [0.3, 0.4) is 0 Å². The Hall–Kier alpha value is -1.58. The number of pyridine rings is 1. The highest BCUT2D eigenvalue weighted by Crippen LogP contribution is 2.32. The van der Waals surface area contributed by atoms with E-state index in [0.29, 0.717) is 5.69 Å². The van der Waals surface area contributed by atoms with Crippen LogP contribution in [0.1, 0.15) is 18.7 Å². The zero-order valence-corrected chi connectivity index (χ0v) is 7.83. The Morgan fingerprint density at radius 1 is 1.50 bits per heavy atom. The van der Waals surface area contributed by atoms with Gasteiger partial charge in [0.05, 0.1) is 17.4 Å². The average molecular weight is 188 g/mol. The van der Waals surface area contributed by atoms with E-state index in [1.54, 1.807) is 6.20 Å². The number of fused-ring (bicyclic) bond motifs is 1. The molecule has 0 radical (unpaired) electrons. The van der Waals surface area contributed by atoms with Crippen LogP contribution < -0.4 is 5.73 Å². The fourth-order valence-corrected chi connectivity index (χ4v) is 1.66. The molecule has 1 aliphatic carbocycles. The fraction of sp³-hybridized carbons (Fsp3) is 0.400. The number of hydrogen-bond donors (Lipinski definition) is 2. The van der Waals surface area contributed by atoms with Gasteiger partial charge in [0, 0.05) is 6.42 Å². The minimum atomic E-state index is 0.680. The summed E-state index contributed by atoms with van der Waals surface area (Å²) in [6.45, 7) is 0.